The van der Waals surface area contributed by atoms with E-state index in [1.165, 1.54) is 0 Å². The van der Waals surface area contributed by atoms with Gasteiger partial charge in [-0.25, -0.2) is 14.4 Å². The van der Waals surface area contributed by atoms with E-state index < -0.39 is 5.82 Å². The van der Waals surface area contributed by atoms with Crippen molar-refractivity contribution >= 4 is 5.91 Å². The van der Waals surface area contributed by atoms with Gasteiger partial charge in [0.1, 0.15) is 11.9 Å². The Morgan fingerprint density at radius 1 is 1.33 bits per heavy atom. The molecule has 126 valence electrons. The molecule has 1 saturated heterocycles. The lowest BCUT2D eigenvalue weighted by molar-refractivity contribution is 0.0515. The summed E-state index contributed by atoms with van der Waals surface area (Å²) < 4.78 is 23.7. The van der Waals surface area contributed by atoms with Gasteiger partial charge in [0.05, 0.1) is 26.0 Å². The fourth-order valence-corrected chi connectivity index (χ4v) is 2.67. The van der Waals surface area contributed by atoms with E-state index in [-0.39, 0.29) is 18.0 Å². The first-order valence-electron chi connectivity index (χ1n) is 7.73. The number of nitrogens with zero attached hydrogens (tertiary/aromatic N) is 3. The Bertz CT molecular complexity index is 708. The highest BCUT2D eigenvalue weighted by Gasteiger charge is 2.26. The average Bonchev–Trinajstić information content (AvgIpc) is 2.63. The summed E-state index contributed by atoms with van der Waals surface area (Å²) in [6, 6.07) is 7.19. The van der Waals surface area contributed by atoms with Crippen LogP contribution >= 0.6 is 0 Å². The van der Waals surface area contributed by atoms with Crippen LogP contribution in [0.1, 0.15) is 23.2 Å². The number of carbonyl (C=O) groups is 1. The molecule has 0 N–H and O–H groups in total. The molecule has 1 aromatic carbocycles. The van der Waals surface area contributed by atoms with E-state index in [2.05, 4.69) is 9.97 Å². The number of hydrogen-bond donors (Lipinski definition) is 0. The van der Waals surface area contributed by atoms with E-state index in [0.29, 0.717) is 24.4 Å². The Kier molecular flexibility index (Phi) is 4.88. The maximum Gasteiger partial charge on any atom is 0.316 e. The van der Waals surface area contributed by atoms with Gasteiger partial charge < -0.3 is 14.4 Å². The Hall–Kier alpha value is -2.70. The molecule has 24 heavy (non-hydrogen) atoms. The number of hydrogen-bond acceptors (Lipinski definition) is 5. The smallest absolute Gasteiger partial charge is 0.316 e. The van der Waals surface area contributed by atoms with E-state index in [1.54, 1.807) is 36.3 Å². The molecule has 1 aliphatic heterocycles. The molecule has 6 nitrogen and oxygen atoms in total. The third kappa shape index (κ3) is 3.79. The third-order valence-electron chi connectivity index (χ3n) is 3.85. The number of likely N-dealkylation sites (tertiary alicyclic amines) is 1. The summed E-state index contributed by atoms with van der Waals surface area (Å²) >= 11 is 0. The van der Waals surface area contributed by atoms with Crippen LogP contribution in [0, 0.1) is 5.82 Å². The highest BCUT2D eigenvalue weighted by molar-refractivity contribution is 5.94. The Morgan fingerprint density at radius 3 is 2.88 bits per heavy atom. The van der Waals surface area contributed by atoms with E-state index in [0.717, 1.165) is 25.2 Å². The van der Waals surface area contributed by atoms with Crippen LogP contribution in [0.15, 0.2) is 36.7 Å². The van der Waals surface area contributed by atoms with Gasteiger partial charge in [0, 0.05) is 12.1 Å². The van der Waals surface area contributed by atoms with Gasteiger partial charge in [-0.3, -0.25) is 4.79 Å². The maximum absolute atomic E-state index is 12.8. The van der Waals surface area contributed by atoms with Crippen LogP contribution in [0.5, 0.6) is 11.8 Å². The molecule has 3 rings (SSSR count). The summed E-state index contributed by atoms with van der Waals surface area (Å²) in [7, 11) is 1.57. The molecule has 0 aliphatic carbocycles. The predicted octanol–water partition coefficient (Wildman–Crippen LogP) is 2.31. The summed E-state index contributed by atoms with van der Waals surface area (Å²) in [6.07, 6.45) is 3.53. The molecule has 2 heterocycles. The van der Waals surface area contributed by atoms with Crippen molar-refractivity contribution in [1.29, 1.82) is 0 Å². The van der Waals surface area contributed by atoms with E-state index in [1.807, 2.05) is 0 Å². The summed E-state index contributed by atoms with van der Waals surface area (Å²) in [4.78, 5) is 22.0. The molecule has 0 saturated carbocycles. The predicted molar refractivity (Wildman–Crippen MR) is 84.5 cm³/mol. The number of aromatic nitrogens is 2. The molecule has 2 aromatic rings. The number of carbonyl (C=O) groups excluding carboxylic acids is 1. The molecule has 1 aromatic heterocycles. The van der Waals surface area contributed by atoms with Crippen LogP contribution in [-0.2, 0) is 0 Å². The number of amides is 1. The normalized spacial score (nSPS) is 17.4. The van der Waals surface area contributed by atoms with E-state index in [9.17, 15) is 9.18 Å². The number of benzene rings is 1. The molecule has 0 spiro atoms. The lowest BCUT2D eigenvalue weighted by atomic mass is 10.1. The summed E-state index contributed by atoms with van der Waals surface area (Å²) in [5.74, 6) is 0.0634. The Balaban J connectivity index is 1.66. The van der Waals surface area contributed by atoms with Gasteiger partial charge in [0.25, 0.3) is 5.91 Å². The SMILES string of the molecule is COc1cccc(C(=O)N2CCCC(Oc3ncc(F)cn3)C2)c1. The number of halogens is 1. The Morgan fingerprint density at radius 2 is 2.12 bits per heavy atom. The summed E-state index contributed by atoms with van der Waals surface area (Å²) in [5, 5.41) is 0. The minimum absolute atomic E-state index is 0.0674. The number of rotatable bonds is 4. The first kappa shape index (κ1) is 16.2. The largest absolute Gasteiger partial charge is 0.497 e. The highest BCUT2D eigenvalue weighted by Crippen LogP contribution is 2.19. The zero-order valence-corrected chi connectivity index (χ0v) is 13.3. The van der Waals surface area contributed by atoms with Gasteiger partial charge >= 0.3 is 6.01 Å². The molecule has 1 atom stereocenters. The van der Waals surface area contributed by atoms with Gasteiger partial charge in [-0.05, 0) is 31.0 Å². The molecule has 7 heteroatoms. The molecule has 1 unspecified atom stereocenters. The fraction of sp³-hybridized carbons (Fsp3) is 0.353. The van der Waals surface area contributed by atoms with Crippen LogP contribution in [-0.4, -0.2) is 47.1 Å². The van der Waals surface area contributed by atoms with Crippen molar-refractivity contribution in [3.63, 3.8) is 0 Å². The summed E-state index contributed by atoms with van der Waals surface area (Å²) in [6.45, 7) is 1.11. The maximum atomic E-state index is 12.8. The number of ether oxygens (including phenoxy) is 2. The van der Waals surface area contributed by atoms with E-state index in [4.69, 9.17) is 9.47 Å². The molecule has 0 bridgehead atoms. The quantitative estimate of drug-likeness (QED) is 0.860. The standard InChI is InChI=1S/C17H18FN3O3/c1-23-14-5-2-4-12(8-14)16(22)21-7-3-6-15(11-21)24-17-19-9-13(18)10-20-17/h2,4-5,8-10,15H,3,6-7,11H2,1H3. The second kappa shape index (κ2) is 7.25. The van der Waals surface area contributed by atoms with Crippen LogP contribution in [0.2, 0.25) is 0 Å². The van der Waals surface area contributed by atoms with Crippen LogP contribution in [0.4, 0.5) is 4.39 Å². The van der Waals surface area contributed by atoms with Gasteiger partial charge in [-0.1, -0.05) is 6.07 Å². The van der Waals surface area contributed by atoms with Gasteiger partial charge in [-0.15, -0.1) is 0 Å². The van der Waals surface area contributed by atoms with Crippen LogP contribution in [0.25, 0.3) is 0 Å². The lowest BCUT2D eigenvalue weighted by Gasteiger charge is -2.32. The number of methoxy groups -OCH3 is 1. The zero-order valence-electron chi connectivity index (χ0n) is 13.3. The van der Waals surface area contributed by atoms with Gasteiger partial charge in [0.15, 0.2) is 5.82 Å². The van der Waals surface area contributed by atoms with Crippen molar-refractivity contribution in [3.8, 4) is 11.8 Å². The average molecular weight is 331 g/mol. The van der Waals surface area contributed by atoms with E-state index >= 15 is 0 Å². The highest BCUT2D eigenvalue weighted by atomic mass is 19.1. The van der Waals surface area contributed by atoms with Crippen LogP contribution < -0.4 is 9.47 Å². The minimum Gasteiger partial charge on any atom is -0.497 e. The van der Waals surface area contributed by atoms with Gasteiger partial charge in [-0.2, -0.15) is 0 Å². The second-order valence-electron chi connectivity index (χ2n) is 5.55. The molecular weight excluding hydrogens is 313 g/mol. The first-order valence-corrected chi connectivity index (χ1v) is 7.73. The monoisotopic (exact) mass is 331 g/mol. The van der Waals surface area contributed by atoms with Crippen molar-refractivity contribution in [2.45, 2.75) is 18.9 Å². The molecule has 1 fully saturated rings. The molecule has 0 radical (unpaired) electrons. The van der Waals surface area contributed by atoms with Crippen molar-refractivity contribution in [3.05, 3.63) is 48.0 Å². The summed E-state index contributed by atoms with van der Waals surface area (Å²) in [5.41, 5.74) is 0.577. The third-order valence-corrected chi connectivity index (χ3v) is 3.85. The molecule has 1 amide bonds. The van der Waals surface area contributed by atoms with Crippen molar-refractivity contribution in [2.75, 3.05) is 20.2 Å². The number of piperidine rings is 1. The van der Waals surface area contributed by atoms with Crippen molar-refractivity contribution < 1.29 is 18.7 Å². The molecule has 1 aliphatic rings. The molecular formula is C17H18FN3O3. The minimum atomic E-state index is -0.513. The lowest BCUT2D eigenvalue weighted by Crippen LogP contribution is -2.44. The van der Waals surface area contributed by atoms with Gasteiger partial charge in [0.2, 0.25) is 0 Å². The van der Waals surface area contributed by atoms with Crippen molar-refractivity contribution in [1.82, 2.24) is 14.9 Å². The second-order valence-corrected chi connectivity index (χ2v) is 5.55. The fourth-order valence-electron chi connectivity index (χ4n) is 2.67. The van der Waals surface area contributed by atoms with Crippen molar-refractivity contribution in [2.24, 2.45) is 0 Å². The first-order chi connectivity index (χ1) is 11.7. The van der Waals surface area contributed by atoms with Crippen LogP contribution in [0.3, 0.4) is 0 Å². The topological polar surface area (TPSA) is 64.5 Å². The Labute approximate surface area is 139 Å². The zero-order chi connectivity index (χ0) is 16.9.